The molecular formula is C35H37BrClN3O5S. The van der Waals surface area contributed by atoms with Crippen LogP contribution in [0.2, 0.25) is 5.02 Å². The maximum atomic E-state index is 14.6. The van der Waals surface area contributed by atoms with Crippen molar-refractivity contribution in [1.82, 2.24) is 10.2 Å². The summed E-state index contributed by atoms with van der Waals surface area (Å²) in [5.74, 6) is -0.739. The maximum absolute atomic E-state index is 14.6. The molecule has 4 aromatic rings. The van der Waals surface area contributed by atoms with Gasteiger partial charge in [-0.25, -0.2) is 8.42 Å². The number of benzene rings is 4. The first-order chi connectivity index (χ1) is 21.8. The van der Waals surface area contributed by atoms with Crippen molar-refractivity contribution >= 4 is 55.1 Å². The number of carbonyl (C=O) groups excluding carboxylic acids is 2. The average Bonchev–Trinajstić information content (AvgIpc) is 3.02. The predicted octanol–water partition coefficient (Wildman–Crippen LogP) is 6.86. The van der Waals surface area contributed by atoms with Crippen LogP contribution in [0.1, 0.15) is 31.9 Å². The second-order valence-corrected chi connectivity index (χ2v) is 14.9. The van der Waals surface area contributed by atoms with Crippen molar-refractivity contribution in [2.45, 2.75) is 50.2 Å². The molecule has 0 spiro atoms. The van der Waals surface area contributed by atoms with E-state index < -0.39 is 34.1 Å². The van der Waals surface area contributed by atoms with Crippen LogP contribution in [-0.2, 0) is 32.6 Å². The number of methoxy groups -OCH3 is 1. The first-order valence-electron chi connectivity index (χ1n) is 14.6. The molecule has 11 heteroatoms. The lowest BCUT2D eigenvalue weighted by atomic mass is 10.0. The highest BCUT2D eigenvalue weighted by molar-refractivity contribution is 9.10. The first-order valence-corrected chi connectivity index (χ1v) is 17.2. The number of halogens is 2. The van der Waals surface area contributed by atoms with Crippen LogP contribution >= 0.6 is 27.5 Å². The van der Waals surface area contributed by atoms with E-state index in [0.717, 1.165) is 19.9 Å². The number of nitrogens with zero attached hydrogens (tertiary/aromatic N) is 2. The van der Waals surface area contributed by atoms with Crippen LogP contribution in [0.15, 0.2) is 112 Å². The molecule has 242 valence electrons. The van der Waals surface area contributed by atoms with Gasteiger partial charge in [-0.3, -0.25) is 13.9 Å². The molecule has 1 atom stereocenters. The lowest BCUT2D eigenvalue weighted by molar-refractivity contribution is -0.140. The monoisotopic (exact) mass is 725 g/mol. The Morgan fingerprint density at radius 1 is 0.891 bits per heavy atom. The van der Waals surface area contributed by atoms with E-state index in [1.165, 1.54) is 30.2 Å². The highest BCUT2D eigenvalue weighted by atomic mass is 79.9. The maximum Gasteiger partial charge on any atom is 0.264 e. The second kappa shape index (κ2) is 15.2. The molecule has 0 saturated heterocycles. The van der Waals surface area contributed by atoms with Crippen molar-refractivity contribution in [1.29, 1.82) is 0 Å². The highest BCUT2D eigenvalue weighted by Crippen LogP contribution is 2.35. The van der Waals surface area contributed by atoms with Crippen LogP contribution in [0.3, 0.4) is 0 Å². The summed E-state index contributed by atoms with van der Waals surface area (Å²) in [6.07, 6.45) is 0.205. The fourth-order valence-corrected chi connectivity index (χ4v) is 6.75. The lowest BCUT2D eigenvalue weighted by Crippen LogP contribution is -2.56. The van der Waals surface area contributed by atoms with Gasteiger partial charge in [0.2, 0.25) is 11.8 Å². The molecule has 46 heavy (non-hydrogen) atoms. The summed E-state index contributed by atoms with van der Waals surface area (Å²) in [5, 5.41) is 3.29. The van der Waals surface area contributed by atoms with Gasteiger partial charge in [0.15, 0.2) is 0 Å². The number of rotatable bonds is 12. The summed E-state index contributed by atoms with van der Waals surface area (Å²) in [4.78, 5) is 30.0. The van der Waals surface area contributed by atoms with Crippen molar-refractivity contribution in [3.8, 4) is 5.75 Å². The Labute approximate surface area is 284 Å². The third kappa shape index (κ3) is 9.11. The Morgan fingerprint density at radius 3 is 2.09 bits per heavy atom. The van der Waals surface area contributed by atoms with E-state index in [-0.39, 0.29) is 40.2 Å². The summed E-state index contributed by atoms with van der Waals surface area (Å²) >= 11 is 9.80. The molecular weight excluding hydrogens is 690 g/mol. The quantitative estimate of drug-likeness (QED) is 0.172. The van der Waals surface area contributed by atoms with Gasteiger partial charge in [0.05, 0.1) is 17.7 Å². The molecule has 1 N–H and O–H groups in total. The standard InChI is InChI=1S/C35H37BrClN3O5S/c1-35(2,3)38-34(42)31(21-25-11-7-5-8-12-25)39(23-26-15-17-27(36)18-16-26)33(41)24-40(30-22-28(37)19-20-32(30)45-4)46(43,44)29-13-9-6-10-14-29/h5-20,22,31H,21,23-24H2,1-4H3,(H,38,42)/t31-/m0/s1. The van der Waals surface area contributed by atoms with E-state index in [1.54, 1.807) is 30.3 Å². The molecule has 0 fully saturated rings. The van der Waals surface area contributed by atoms with Gasteiger partial charge in [-0.2, -0.15) is 0 Å². The zero-order valence-electron chi connectivity index (χ0n) is 26.1. The van der Waals surface area contributed by atoms with Gasteiger partial charge < -0.3 is 15.0 Å². The number of hydrogen-bond donors (Lipinski definition) is 1. The van der Waals surface area contributed by atoms with Crippen LogP contribution in [-0.4, -0.2) is 50.4 Å². The van der Waals surface area contributed by atoms with Crippen LogP contribution in [0.4, 0.5) is 5.69 Å². The van der Waals surface area contributed by atoms with Gasteiger partial charge in [-0.05, 0) is 74.4 Å². The Kier molecular flexibility index (Phi) is 11.5. The molecule has 0 aromatic heterocycles. The van der Waals surface area contributed by atoms with Crippen LogP contribution in [0.25, 0.3) is 0 Å². The third-order valence-corrected chi connectivity index (χ3v) is 9.59. The topological polar surface area (TPSA) is 96.0 Å². The van der Waals surface area contributed by atoms with E-state index in [9.17, 15) is 18.0 Å². The Balaban J connectivity index is 1.85. The minimum atomic E-state index is -4.30. The zero-order chi connectivity index (χ0) is 33.5. The molecule has 0 aliphatic heterocycles. The molecule has 8 nitrogen and oxygen atoms in total. The van der Waals surface area contributed by atoms with Crippen molar-refractivity contribution in [3.63, 3.8) is 0 Å². The fraction of sp³-hybridized carbons (Fsp3) is 0.257. The fourth-order valence-electron chi connectivity index (χ4n) is 4.88. The van der Waals surface area contributed by atoms with E-state index in [0.29, 0.717) is 0 Å². The summed E-state index contributed by atoms with van der Waals surface area (Å²) in [7, 11) is -2.89. The number of nitrogens with one attached hydrogen (secondary N) is 1. The minimum absolute atomic E-state index is 0.0180. The molecule has 0 aliphatic carbocycles. The number of ether oxygens (including phenoxy) is 1. The van der Waals surface area contributed by atoms with Crippen LogP contribution in [0.5, 0.6) is 5.75 Å². The lowest BCUT2D eigenvalue weighted by Gasteiger charge is -2.35. The largest absolute Gasteiger partial charge is 0.495 e. The first kappa shape index (κ1) is 35.0. The predicted molar refractivity (Wildman–Crippen MR) is 185 cm³/mol. The van der Waals surface area contributed by atoms with E-state index in [1.807, 2.05) is 75.4 Å². The Hall–Kier alpha value is -3.86. The van der Waals surface area contributed by atoms with Crippen LogP contribution in [0, 0.1) is 0 Å². The molecule has 4 aromatic carbocycles. The van der Waals surface area contributed by atoms with E-state index in [2.05, 4.69) is 21.2 Å². The van der Waals surface area contributed by atoms with Gasteiger partial charge in [0.25, 0.3) is 10.0 Å². The Bertz CT molecular complexity index is 1750. The summed E-state index contributed by atoms with van der Waals surface area (Å²) in [5.41, 5.74) is 1.11. The van der Waals surface area contributed by atoms with Crippen LogP contribution < -0.4 is 14.4 Å². The molecule has 4 rings (SSSR count). The molecule has 0 unspecified atom stereocenters. The molecule has 0 saturated carbocycles. The number of amides is 2. The van der Waals surface area contributed by atoms with Crippen molar-refractivity contribution in [3.05, 3.63) is 124 Å². The summed E-state index contributed by atoms with van der Waals surface area (Å²) < 4.78 is 35.8. The van der Waals surface area contributed by atoms with Gasteiger partial charge >= 0.3 is 0 Å². The SMILES string of the molecule is COc1ccc(Cl)cc1N(CC(=O)N(Cc1ccc(Br)cc1)[C@@H](Cc1ccccc1)C(=O)NC(C)(C)C)S(=O)(=O)c1ccccc1. The molecule has 0 bridgehead atoms. The average molecular weight is 727 g/mol. The minimum Gasteiger partial charge on any atom is -0.495 e. The molecule has 0 heterocycles. The van der Waals surface area contributed by atoms with E-state index >= 15 is 0 Å². The number of anilines is 1. The van der Waals surface area contributed by atoms with Gasteiger partial charge in [-0.15, -0.1) is 0 Å². The number of hydrogen-bond acceptors (Lipinski definition) is 5. The Morgan fingerprint density at radius 2 is 1.50 bits per heavy atom. The molecule has 2 amide bonds. The smallest absolute Gasteiger partial charge is 0.264 e. The number of carbonyl (C=O) groups is 2. The normalized spacial score (nSPS) is 12.2. The van der Waals surface area contributed by atoms with Crippen molar-refractivity contribution < 1.29 is 22.7 Å². The third-order valence-electron chi connectivity index (χ3n) is 7.06. The summed E-state index contributed by atoms with van der Waals surface area (Å²) in [6.45, 7) is 5.02. The number of sulfonamides is 1. The van der Waals surface area contributed by atoms with Gasteiger partial charge in [0, 0.05) is 28.0 Å². The van der Waals surface area contributed by atoms with Gasteiger partial charge in [0.1, 0.15) is 18.3 Å². The van der Waals surface area contributed by atoms with Gasteiger partial charge in [-0.1, -0.05) is 88.2 Å². The molecule has 0 radical (unpaired) electrons. The zero-order valence-corrected chi connectivity index (χ0v) is 29.3. The highest BCUT2D eigenvalue weighted by Gasteiger charge is 2.36. The second-order valence-electron chi connectivity index (χ2n) is 11.7. The van der Waals surface area contributed by atoms with Crippen molar-refractivity contribution in [2.24, 2.45) is 0 Å². The summed E-state index contributed by atoms with van der Waals surface area (Å²) in [6, 6.07) is 28.2. The van der Waals surface area contributed by atoms with Crippen molar-refractivity contribution in [2.75, 3.05) is 18.0 Å². The molecule has 0 aliphatic rings. The van der Waals surface area contributed by atoms with E-state index in [4.69, 9.17) is 16.3 Å².